The molecule has 0 aliphatic heterocycles. The van der Waals surface area contributed by atoms with Crippen LogP contribution in [0, 0.1) is 6.07 Å². The second kappa shape index (κ2) is 3.48. The van der Waals surface area contributed by atoms with Crippen LogP contribution in [0.25, 0.3) is 21.2 Å². The first-order valence-corrected chi connectivity index (χ1v) is 5.61. The molecular formula is C13H8NS. The van der Waals surface area contributed by atoms with Crippen LogP contribution >= 0.6 is 11.3 Å². The summed E-state index contributed by atoms with van der Waals surface area (Å²) in [4.78, 5) is 4.11. The van der Waals surface area contributed by atoms with Gasteiger partial charge in [0.15, 0.2) is 0 Å². The number of hydrogen-bond donors (Lipinski definition) is 0. The van der Waals surface area contributed by atoms with Gasteiger partial charge in [0.05, 0.1) is 0 Å². The molecule has 15 heavy (non-hydrogen) atoms. The Bertz CT molecular complexity index is 584. The molecule has 0 fully saturated rings. The summed E-state index contributed by atoms with van der Waals surface area (Å²) in [5.41, 5.74) is 2.23. The standard InChI is InChI=1S/C13H8NS/c1-2-12(9-14-6-1)11-4-3-10-5-7-15-13(10)8-11/h1-3,5-9H. The molecule has 2 heterocycles. The number of pyridine rings is 1. The Morgan fingerprint density at radius 3 is 3.13 bits per heavy atom. The molecule has 71 valence electrons. The molecule has 0 bridgehead atoms. The Morgan fingerprint density at radius 2 is 2.27 bits per heavy atom. The highest BCUT2D eigenvalue weighted by molar-refractivity contribution is 7.17. The molecule has 2 heteroatoms. The first-order valence-electron chi connectivity index (χ1n) is 4.73. The van der Waals surface area contributed by atoms with Crippen LogP contribution in [0.5, 0.6) is 0 Å². The molecule has 3 aromatic rings. The van der Waals surface area contributed by atoms with Gasteiger partial charge in [0.25, 0.3) is 0 Å². The van der Waals surface area contributed by atoms with Gasteiger partial charge in [-0.2, -0.15) is 0 Å². The minimum Gasteiger partial charge on any atom is -0.264 e. The molecular weight excluding hydrogens is 202 g/mol. The topological polar surface area (TPSA) is 12.9 Å². The first-order chi connectivity index (χ1) is 7.43. The van der Waals surface area contributed by atoms with E-state index in [1.807, 2.05) is 18.3 Å². The minimum atomic E-state index is 1.11. The summed E-state index contributed by atoms with van der Waals surface area (Å²) in [6, 6.07) is 13.6. The lowest BCUT2D eigenvalue weighted by Crippen LogP contribution is -1.78. The van der Waals surface area contributed by atoms with Crippen LogP contribution in [0.3, 0.4) is 0 Å². The third kappa shape index (κ3) is 1.53. The zero-order valence-corrected chi connectivity index (χ0v) is 8.79. The summed E-state index contributed by atoms with van der Waals surface area (Å²) in [5.74, 6) is 0. The molecule has 0 unspecified atom stereocenters. The SMILES string of the molecule is [c]1cc2ccsc2cc1-c1cccnc1. The Labute approximate surface area is 92.0 Å². The second-order valence-electron chi connectivity index (χ2n) is 3.33. The van der Waals surface area contributed by atoms with Gasteiger partial charge in [-0.25, -0.2) is 0 Å². The molecule has 0 aliphatic rings. The molecule has 1 nitrogen and oxygen atoms in total. The van der Waals surface area contributed by atoms with Crippen molar-refractivity contribution in [2.75, 3.05) is 0 Å². The Morgan fingerprint density at radius 1 is 1.27 bits per heavy atom. The van der Waals surface area contributed by atoms with E-state index in [0.29, 0.717) is 0 Å². The molecule has 0 atom stereocenters. The number of nitrogens with zero attached hydrogens (tertiary/aromatic N) is 1. The smallest absolute Gasteiger partial charge is 0.0349 e. The van der Waals surface area contributed by atoms with E-state index in [-0.39, 0.29) is 0 Å². The van der Waals surface area contributed by atoms with Gasteiger partial charge in [-0.1, -0.05) is 6.07 Å². The summed E-state index contributed by atoms with van der Waals surface area (Å²) in [7, 11) is 0. The van der Waals surface area contributed by atoms with E-state index in [9.17, 15) is 0 Å². The van der Waals surface area contributed by atoms with E-state index in [1.165, 1.54) is 10.1 Å². The number of aromatic nitrogens is 1. The van der Waals surface area contributed by atoms with E-state index < -0.39 is 0 Å². The molecule has 3 rings (SSSR count). The molecule has 0 spiro atoms. The van der Waals surface area contributed by atoms with Crippen molar-refractivity contribution >= 4 is 21.4 Å². The quantitative estimate of drug-likeness (QED) is 0.596. The average Bonchev–Trinajstić information content (AvgIpc) is 2.77. The predicted octanol–water partition coefficient (Wildman–Crippen LogP) is 3.76. The van der Waals surface area contributed by atoms with Crippen LogP contribution in [-0.4, -0.2) is 4.98 Å². The van der Waals surface area contributed by atoms with Crippen molar-refractivity contribution in [2.45, 2.75) is 0 Å². The molecule has 0 saturated carbocycles. The fourth-order valence-corrected chi connectivity index (χ4v) is 2.39. The Hall–Kier alpha value is -1.67. The van der Waals surface area contributed by atoms with E-state index >= 15 is 0 Å². The van der Waals surface area contributed by atoms with E-state index in [0.717, 1.165) is 11.1 Å². The average molecular weight is 210 g/mol. The molecule has 0 saturated heterocycles. The highest BCUT2D eigenvalue weighted by Crippen LogP contribution is 2.26. The lowest BCUT2D eigenvalue weighted by molar-refractivity contribution is 1.33. The molecule has 0 aliphatic carbocycles. The van der Waals surface area contributed by atoms with Gasteiger partial charge >= 0.3 is 0 Å². The summed E-state index contributed by atoms with van der Waals surface area (Å²) in [6.45, 7) is 0. The number of thiophene rings is 1. The van der Waals surface area contributed by atoms with Crippen LogP contribution < -0.4 is 0 Å². The van der Waals surface area contributed by atoms with Crippen molar-refractivity contribution < 1.29 is 0 Å². The fourth-order valence-electron chi connectivity index (χ4n) is 1.58. The first kappa shape index (κ1) is 8.62. The van der Waals surface area contributed by atoms with Gasteiger partial charge in [0.2, 0.25) is 0 Å². The van der Waals surface area contributed by atoms with Crippen molar-refractivity contribution in [1.82, 2.24) is 4.98 Å². The van der Waals surface area contributed by atoms with Crippen molar-refractivity contribution in [2.24, 2.45) is 0 Å². The summed E-state index contributed by atoms with van der Waals surface area (Å²) in [5, 5.41) is 3.36. The third-order valence-corrected chi connectivity index (χ3v) is 3.24. The third-order valence-electron chi connectivity index (χ3n) is 2.36. The fraction of sp³-hybridized carbons (Fsp3) is 0. The van der Waals surface area contributed by atoms with E-state index in [4.69, 9.17) is 0 Å². The van der Waals surface area contributed by atoms with Crippen LogP contribution in [0.4, 0.5) is 0 Å². The Balaban J connectivity index is 2.19. The van der Waals surface area contributed by atoms with Crippen molar-refractivity contribution in [3.63, 3.8) is 0 Å². The van der Waals surface area contributed by atoms with Crippen molar-refractivity contribution in [3.8, 4) is 11.1 Å². The molecule has 2 aromatic heterocycles. The molecule has 1 aromatic carbocycles. The van der Waals surface area contributed by atoms with Gasteiger partial charge in [-0.3, -0.25) is 4.98 Å². The maximum absolute atomic E-state index is 4.11. The largest absolute Gasteiger partial charge is 0.264 e. The maximum atomic E-state index is 4.11. The summed E-state index contributed by atoms with van der Waals surface area (Å²) < 4.78 is 1.30. The normalized spacial score (nSPS) is 10.7. The van der Waals surface area contributed by atoms with Crippen molar-refractivity contribution in [3.05, 3.63) is 54.2 Å². The summed E-state index contributed by atoms with van der Waals surface area (Å²) in [6.07, 6.45) is 3.65. The molecule has 1 radical (unpaired) electrons. The highest BCUT2D eigenvalue weighted by atomic mass is 32.1. The lowest BCUT2D eigenvalue weighted by Gasteiger charge is -1.99. The van der Waals surface area contributed by atoms with Crippen LogP contribution in [0.1, 0.15) is 0 Å². The van der Waals surface area contributed by atoms with Gasteiger partial charge in [0, 0.05) is 22.7 Å². The van der Waals surface area contributed by atoms with Crippen LogP contribution in [-0.2, 0) is 0 Å². The number of fused-ring (bicyclic) bond motifs is 1. The zero-order valence-electron chi connectivity index (χ0n) is 7.97. The van der Waals surface area contributed by atoms with Gasteiger partial charge in [-0.05, 0) is 46.7 Å². The van der Waals surface area contributed by atoms with Gasteiger partial charge in [-0.15, -0.1) is 11.3 Å². The number of hydrogen-bond acceptors (Lipinski definition) is 2. The van der Waals surface area contributed by atoms with Crippen molar-refractivity contribution in [1.29, 1.82) is 0 Å². The second-order valence-corrected chi connectivity index (χ2v) is 4.28. The monoisotopic (exact) mass is 210 g/mol. The van der Waals surface area contributed by atoms with Crippen LogP contribution in [0.2, 0.25) is 0 Å². The zero-order chi connectivity index (χ0) is 10.1. The number of benzene rings is 1. The minimum absolute atomic E-state index is 1.11. The van der Waals surface area contributed by atoms with Gasteiger partial charge in [0.1, 0.15) is 0 Å². The lowest BCUT2D eigenvalue weighted by atomic mass is 10.1. The maximum Gasteiger partial charge on any atom is 0.0349 e. The van der Waals surface area contributed by atoms with E-state index in [1.54, 1.807) is 17.5 Å². The predicted molar refractivity (Wildman–Crippen MR) is 63.9 cm³/mol. The Kier molecular flexibility index (Phi) is 2.00. The van der Waals surface area contributed by atoms with Crippen LogP contribution in [0.15, 0.2) is 48.1 Å². The number of rotatable bonds is 1. The molecule has 0 N–H and O–H groups in total. The summed E-state index contributed by atoms with van der Waals surface area (Å²) >= 11 is 1.76. The molecule has 0 amide bonds. The highest BCUT2D eigenvalue weighted by Gasteiger charge is 2.00. The van der Waals surface area contributed by atoms with Gasteiger partial charge < -0.3 is 0 Å². The van der Waals surface area contributed by atoms with E-state index in [2.05, 4.69) is 34.6 Å².